The monoisotopic (exact) mass is 340 g/mol. The van der Waals surface area contributed by atoms with E-state index in [1.165, 1.54) is 6.08 Å². The van der Waals surface area contributed by atoms with Crippen LogP contribution in [0.25, 0.3) is 17.2 Å². The van der Waals surface area contributed by atoms with Crippen LogP contribution < -0.4 is 9.47 Å². The Kier molecular flexibility index (Phi) is 7.08. The fourth-order valence-electron chi connectivity index (χ4n) is 2.35. The molecule has 2 aromatic carbocycles. The largest absolute Gasteiger partial charge is 0.493 e. The van der Waals surface area contributed by atoms with Crippen LogP contribution in [0, 0.1) is 0 Å². The van der Waals surface area contributed by atoms with Crippen LogP contribution in [0.3, 0.4) is 0 Å². The van der Waals surface area contributed by atoms with Crippen molar-refractivity contribution in [1.82, 2.24) is 0 Å². The number of methoxy groups -OCH3 is 1. The van der Waals surface area contributed by atoms with Crippen molar-refractivity contribution in [3.63, 3.8) is 0 Å². The minimum atomic E-state index is -0.341. The predicted octanol–water partition coefficient (Wildman–Crippen LogP) is 4.73. The van der Waals surface area contributed by atoms with E-state index in [1.54, 1.807) is 20.1 Å². The molecule has 0 aliphatic heterocycles. The van der Waals surface area contributed by atoms with Gasteiger partial charge in [-0.3, -0.25) is 0 Å². The highest BCUT2D eigenvalue weighted by Crippen LogP contribution is 2.33. The van der Waals surface area contributed by atoms with Crippen LogP contribution in [-0.4, -0.2) is 26.3 Å². The lowest BCUT2D eigenvalue weighted by atomic mass is 10.0. The summed E-state index contributed by atoms with van der Waals surface area (Å²) in [6.07, 6.45) is 4.13. The van der Waals surface area contributed by atoms with Gasteiger partial charge in [0.2, 0.25) is 0 Å². The zero-order valence-corrected chi connectivity index (χ0v) is 15.0. The maximum Gasteiger partial charge on any atom is 0.330 e. The zero-order chi connectivity index (χ0) is 18.1. The van der Waals surface area contributed by atoms with Gasteiger partial charge in [0.25, 0.3) is 0 Å². The van der Waals surface area contributed by atoms with Gasteiger partial charge in [-0.05, 0) is 54.3 Å². The fourth-order valence-corrected chi connectivity index (χ4v) is 2.35. The normalized spacial score (nSPS) is 10.7. The molecule has 0 aliphatic carbocycles. The molecule has 0 atom stereocenters. The van der Waals surface area contributed by atoms with Crippen LogP contribution >= 0.6 is 0 Å². The van der Waals surface area contributed by atoms with E-state index in [2.05, 4.69) is 6.92 Å². The molecule has 0 radical (unpaired) electrons. The molecular formula is C21H24O4. The van der Waals surface area contributed by atoms with Crippen LogP contribution in [0.4, 0.5) is 0 Å². The van der Waals surface area contributed by atoms with Crippen molar-refractivity contribution in [1.29, 1.82) is 0 Å². The highest BCUT2D eigenvalue weighted by Gasteiger charge is 2.07. The first kappa shape index (κ1) is 18.6. The first-order chi connectivity index (χ1) is 12.2. The van der Waals surface area contributed by atoms with Crippen LogP contribution in [-0.2, 0) is 9.53 Å². The molecule has 4 heteroatoms. The molecule has 0 spiro atoms. The van der Waals surface area contributed by atoms with Crippen molar-refractivity contribution < 1.29 is 19.0 Å². The molecule has 4 nitrogen and oxygen atoms in total. The molecule has 0 amide bonds. The summed E-state index contributed by atoms with van der Waals surface area (Å²) in [7, 11) is 1.64. The van der Waals surface area contributed by atoms with Gasteiger partial charge in [-0.15, -0.1) is 0 Å². The average molecular weight is 340 g/mol. The van der Waals surface area contributed by atoms with Gasteiger partial charge in [0.05, 0.1) is 20.3 Å². The zero-order valence-electron chi connectivity index (χ0n) is 15.0. The van der Waals surface area contributed by atoms with Gasteiger partial charge in [-0.1, -0.05) is 31.2 Å². The minimum Gasteiger partial charge on any atom is -0.493 e. The van der Waals surface area contributed by atoms with Crippen molar-refractivity contribution in [3.8, 4) is 22.6 Å². The highest BCUT2D eigenvalue weighted by molar-refractivity contribution is 5.87. The second-order valence-corrected chi connectivity index (χ2v) is 5.42. The molecule has 0 saturated heterocycles. The molecule has 25 heavy (non-hydrogen) atoms. The molecule has 0 N–H and O–H groups in total. The number of carbonyl (C=O) groups excluding carboxylic acids is 1. The Morgan fingerprint density at radius 2 is 1.84 bits per heavy atom. The Hall–Kier alpha value is -2.75. The molecule has 2 aromatic rings. The van der Waals surface area contributed by atoms with E-state index in [1.807, 2.05) is 42.5 Å². The molecule has 132 valence electrons. The molecule has 0 saturated carbocycles. The number of esters is 1. The van der Waals surface area contributed by atoms with E-state index >= 15 is 0 Å². The third kappa shape index (κ3) is 5.38. The summed E-state index contributed by atoms with van der Waals surface area (Å²) < 4.78 is 16.0. The number of hydrogen-bond donors (Lipinski definition) is 0. The Bertz CT molecular complexity index is 734. The standard InChI is InChI=1S/C21H24O4/c1-4-13-25-19-11-10-18(15-20(19)23-3)17-8-6-7-16(14-17)9-12-21(22)24-5-2/h6-12,14-15H,4-5,13H2,1-3H3/b12-9+. The first-order valence-corrected chi connectivity index (χ1v) is 8.44. The van der Waals surface area contributed by atoms with Gasteiger partial charge in [-0.25, -0.2) is 4.79 Å². The second-order valence-electron chi connectivity index (χ2n) is 5.42. The van der Waals surface area contributed by atoms with Crippen molar-refractivity contribution in [3.05, 3.63) is 54.1 Å². The van der Waals surface area contributed by atoms with Crippen LogP contribution in [0.2, 0.25) is 0 Å². The van der Waals surface area contributed by atoms with Gasteiger partial charge in [0.1, 0.15) is 0 Å². The number of rotatable bonds is 8. The summed E-state index contributed by atoms with van der Waals surface area (Å²) in [5, 5.41) is 0. The molecule has 0 fully saturated rings. The minimum absolute atomic E-state index is 0.341. The predicted molar refractivity (Wildman–Crippen MR) is 99.9 cm³/mol. The lowest BCUT2D eigenvalue weighted by Gasteiger charge is -2.12. The fraction of sp³-hybridized carbons (Fsp3) is 0.286. The maximum atomic E-state index is 11.4. The van der Waals surface area contributed by atoms with Crippen molar-refractivity contribution in [2.45, 2.75) is 20.3 Å². The summed E-state index contributed by atoms with van der Waals surface area (Å²) in [4.78, 5) is 11.4. The third-order valence-corrected chi connectivity index (χ3v) is 3.54. The summed E-state index contributed by atoms with van der Waals surface area (Å²) >= 11 is 0. The van der Waals surface area contributed by atoms with Gasteiger partial charge in [0.15, 0.2) is 11.5 Å². The van der Waals surface area contributed by atoms with Crippen LogP contribution in [0.15, 0.2) is 48.5 Å². The number of carbonyl (C=O) groups is 1. The Morgan fingerprint density at radius 3 is 2.56 bits per heavy atom. The lowest BCUT2D eigenvalue weighted by molar-refractivity contribution is -0.137. The van der Waals surface area contributed by atoms with E-state index in [9.17, 15) is 4.79 Å². The highest BCUT2D eigenvalue weighted by atomic mass is 16.5. The van der Waals surface area contributed by atoms with E-state index in [0.29, 0.717) is 19.0 Å². The summed E-state index contributed by atoms with van der Waals surface area (Å²) in [6, 6.07) is 13.8. The van der Waals surface area contributed by atoms with E-state index in [0.717, 1.165) is 28.9 Å². The van der Waals surface area contributed by atoms with Gasteiger partial charge in [0, 0.05) is 6.08 Å². The summed E-state index contributed by atoms with van der Waals surface area (Å²) in [5.41, 5.74) is 2.98. The topological polar surface area (TPSA) is 44.8 Å². The number of benzene rings is 2. The Balaban J connectivity index is 2.23. The lowest BCUT2D eigenvalue weighted by Crippen LogP contribution is -1.98. The van der Waals surface area contributed by atoms with Crippen LogP contribution in [0.1, 0.15) is 25.8 Å². The van der Waals surface area contributed by atoms with Gasteiger partial charge < -0.3 is 14.2 Å². The second kappa shape index (κ2) is 9.52. The van der Waals surface area contributed by atoms with E-state index in [-0.39, 0.29) is 5.97 Å². The molecule has 0 aromatic heterocycles. The van der Waals surface area contributed by atoms with E-state index < -0.39 is 0 Å². The molecule has 2 rings (SSSR count). The molecule has 0 bridgehead atoms. The summed E-state index contributed by atoms with van der Waals surface area (Å²) in [6.45, 7) is 4.88. The Morgan fingerprint density at radius 1 is 1.04 bits per heavy atom. The van der Waals surface area contributed by atoms with Gasteiger partial charge >= 0.3 is 5.97 Å². The molecule has 0 heterocycles. The van der Waals surface area contributed by atoms with Gasteiger partial charge in [-0.2, -0.15) is 0 Å². The number of hydrogen-bond acceptors (Lipinski definition) is 4. The third-order valence-electron chi connectivity index (χ3n) is 3.54. The van der Waals surface area contributed by atoms with Crippen molar-refractivity contribution >= 4 is 12.0 Å². The molecule has 0 aliphatic rings. The first-order valence-electron chi connectivity index (χ1n) is 8.44. The molecular weight excluding hydrogens is 316 g/mol. The average Bonchev–Trinajstić information content (AvgIpc) is 2.65. The Labute approximate surface area is 149 Å². The smallest absolute Gasteiger partial charge is 0.330 e. The van der Waals surface area contributed by atoms with E-state index in [4.69, 9.17) is 14.2 Å². The molecule has 0 unspecified atom stereocenters. The van der Waals surface area contributed by atoms with Crippen LogP contribution in [0.5, 0.6) is 11.5 Å². The number of ether oxygens (including phenoxy) is 3. The summed E-state index contributed by atoms with van der Waals surface area (Å²) in [5.74, 6) is 1.11. The maximum absolute atomic E-state index is 11.4. The van der Waals surface area contributed by atoms with Crippen molar-refractivity contribution in [2.75, 3.05) is 20.3 Å². The van der Waals surface area contributed by atoms with Crippen molar-refractivity contribution in [2.24, 2.45) is 0 Å². The quantitative estimate of drug-likeness (QED) is 0.515. The SMILES string of the molecule is CCCOc1ccc(-c2cccc(/C=C/C(=O)OCC)c2)cc1OC.